The van der Waals surface area contributed by atoms with Crippen LogP contribution in [0.1, 0.15) is 38.5 Å². The lowest BCUT2D eigenvalue weighted by molar-refractivity contribution is -0.141. The molecule has 3 heteroatoms. The first-order chi connectivity index (χ1) is 7.19. The molecule has 3 fully saturated rings. The molecule has 84 valence electrons. The van der Waals surface area contributed by atoms with E-state index in [1.165, 1.54) is 32.4 Å². The van der Waals surface area contributed by atoms with E-state index in [0.717, 1.165) is 25.3 Å². The summed E-state index contributed by atoms with van der Waals surface area (Å²) < 4.78 is 0. The molecule has 0 bridgehead atoms. The summed E-state index contributed by atoms with van der Waals surface area (Å²) in [5.74, 6) is -0.624. The molecular weight excluding hydrogens is 190 g/mol. The number of rotatable bonds is 2. The minimum Gasteiger partial charge on any atom is -0.481 e. The van der Waals surface area contributed by atoms with Crippen molar-refractivity contribution in [2.24, 2.45) is 11.3 Å². The van der Waals surface area contributed by atoms with Crippen LogP contribution in [0.15, 0.2) is 0 Å². The first kappa shape index (κ1) is 9.64. The Bertz CT molecular complexity index is 287. The summed E-state index contributed by atoms with van der Waals surface area (Å²) >= 11 is 0. The van der Waals surface area contributed by atoms with Gasteiger partial charge < -0.3 is 5.11 Å². The van der Waals surface area contributed by atoms with Gasteiger partial charge in [0.15, 0.2) is 0 Å². The van der Waals surface area contributed by atoms with E-state index in [2.05, 4.69) is 4.90 Å². The van der Waals surface area contributed by atoms with Crippen LogP contribution in [-0.2, 0) is 4.79 Å². The summed E-state index contributed by atoms with van der Waals surface area (Å²) in [4.78, 5) is 13.6. The average molecular weight is 209 g/mol. The zero-order valence-electron chi connectivity index (χ0n) is 9.11. The van der Waals surface area contributed by atoms with Gasteiger partial charge in [-0.05, 0) is 50.5 Å². The molecule has 0 unspecified atom stereocenters. The summed E-state index contributed by atoms with van der Waals surface area (Å²) in [5, 5.41) is 9.03. The van der Waals surface area contributed by atoms with E-state index in [-0.39, 0.29) is 5.92 Å². The SMILES string of the molecule is O=C(O)[C@@H]1CC[C@]2(CCN(C3CC3)C2)C1. The molecule has 2 saturated carbocycles. The fourth-order valence-electron chi connectivity index (χ4n) is 3.51. The Morgan fingerprint density at radius 1 is 1.27 bits per heavy atom. The molecule has 0 aromatic heterocycles. The quantitative estimate of drug-likeness (QED) is 0.753. The van der Waals surface area contributed by atoms with Gasteiger partial charge in [0.1, 0.15) is 0 Å². The van der Waals surface area contributed by atoms with Gasteiger partial charge in [0.2, 0.25) is 0 Å². The minimum atomic E-state index is -0.572. The smallest absolute Gasteiger partial charge is 0.306 e. The number of hydrogen-bond acceptors (Lipinski definition) is 2. The van der Waals surface area contributed by atoms with Crippen LogP contribution >= 0.6 is 0 Å². The first-order valence-corrected chi connectivity index (χ1v) is 6.15. The molecule has 2 aliphatic carbocycles. The van der Waals surface area contributed by atoms with Crippen LogP contribution in [0.25, 0.3) is 0 Å². The van der Waals surface area contributed by atoms with Gasteiger partial charge in [-0.1, -0.05) is 0 Å². The van der Waals surface area contributed by atoms with Crippen LogP contribution in [0.2, 0.25) is 0 Å². The average Bonchev–Trinajstić information content (AvgIpc) is 2.85. The number of hydrogen-bond donors (Lipinski definition) is 1. The van der Waals surface area contributed by atoms with Gasteiger partial charge in [-0.25, -0.2) is 0 Å². The van der Waals surface area contributed by atoms with Crippen LogP contribution in [0.3, 0.4) is 0 Å². The van der Waals surface area contributed by atoms with E-state index >= 15 is 0 Å². The molecule has 1 saturated heterocycles. The molecule has 0 aromatic carbocycles. The molecule has 3 aliphatic rings. The Balaban J connectivity index is 1.64. The Kier molecular flexibility index (Phi) is 2.06. The van der Waals surface area contributed by atoms with Crippen molar-refractivity contribution < 1.29 is 9.90 Å². The highest BCUT2D eigenvalue weighted by molar-refractivity contribution is 5.70. The fourth-order valence-corrected chi connectivity index (χ4v) is 3.51. The molecule has 0 radical (unpaired) electrons. The number of likely N-dealkylation sites (tertiary alicyclic amines) is 1. The van der Waals surface area contributed by atoms with Crippen LogP contribution in [-0.4, -0.2) is 35.1 Å². The molecule has 1 heterocycles. The molecular formula is C12H19NO2. The normalized spacial score (nSPS) is 41.5. The van der Waals surface area contributed by atoms with E-state index in [9.17, 15) is 4.79 Å². The third kappa shape index (κ3) is 1.67. The molecule has 1 spiro atoms. The van der Waals surface area contributed by atoms with Crippen LogP contribution in [0.5, 0.6) is 0 Å². The fraction of sp³-hybridized carbons (Fsp3) is 0.917. The molecule has 3 rings (SSSR count). The third-order valence-electron chi connectivity index (χ3n) is 4.58. The van der Waals surface area contributed by atoms with Crippen molar-refractivity contribution >= 4 is 5.97 Å². The zero-order chi connectivity index (χ0) is 10.5. The summed E-state index contributed by atoms with van der Waals surface area (Å²) in [6.07, 6.45) is 6.98. The minimum absolute atomic E-state index is 0.0517. The van der Waals surface area contributed by atoms with Gasteiger partial charge >= 0.3 is 5.97 Å². The predicted molar refractivity (Wildman–Crippen MR) is 56.6 cm³/mol. The third-order valence-corrected chi connectivity index (χ3v) is 4.58. The molecule has 15 heavy (non-hydrogen) atoms. The Morgan fingerprint density at radius 3 is 2.67 bits per heavy atom. The van der Waals surface area contributed by atoms with E-state index in [4.69, 9.17) is 5.11 Å². The zero-order valence-corrected chi connectivity index (χ0v) is 9.11. The predicted octanol–water partition coefficient (Wildman–Crippen LogP) is 1.73. The topological polar surface area (TPSA) is 40.5 Å². The van der Waals surface area contributed by atoms with Crippen molar-refractivity contribution in [3.8, 4) is 0 Å². The number of carboxylic acid groups (broad SMARTS) is 1. The van der Waals surface area contributed by atoms with Crippen molar-refractivity contribution in [3.63, 3.8) is 0 Å². The monoisotopic (exact) mass is 209 g/mol. The Morgan fingerprint density at radius 2 is 2.07 bits per heavy atom. The molecule has 1 aliphatic heterocycles. The van der Waals surface area contributed by atoms with Gasteiger partial charge in [0.25, 0.3) is 0 Å². The van der Waals surface area contributed by atoms with Gasteiger partial charge in [0.05, 0.1) is 5.92 Å². The van der Waals surface area contributed by atoms with Gasteiger partial charge in [-0.3, -0.25) is 9.69 Å². The van der Waals surface area contributed by atoms with E-state index in [1.807, 2.05) is 0 Å². The lowest BCUT2D eigenvalue weighted by Gasteiger charge is -2.23. The molecule has 1 N–H and O–H groups in total. The van der Waals surface area contributed by atoms with Crippen molar-refractivity contribution in [3.05, 3.63) is 0 Å². The molecule has 0 amide bonds. The number of carbonyl (C=O) groups is 1. The molecule has 0 aromatic rings. The van der Waals surface area contributed by atoms with E-state index < -0.39 is 5.97 Å². The van der Waals surface area contributed by atoms with Crippen LogP contribution < -0.4 is 0 Å². The number of nitrogens with zero attached hydrogens (tertiary/aromatic N) is 1. The van der Waals surface area contributed by atoms with Crippen molar-refractivity contribution in [2.75, 3.05) is 13.1 Å². The highest BCUT2D eigenvalue weighted by Gasteiger charge is 2.48. The summed E-state index contributed by atoms with van der Waals surface area (Å²) in [6.45, 7) is 2.40. The second kappa shape index (κ2) is 3.21. The van der Waals surface area contributed by atoms with Crippen molar-refractivity contribution in [1.29, 1.82) is 0 Å². The highest BCUT2D eigenvalue weighted by atomic mass is 16.4. The van der Waals surface area contributed by atoms with Gasteiger partial charge in [-0.15, -0.1) is 0 Å². The van der Waals surface area contributed by atoms with E-state index in [0.29, 0.717) is 5.41 Å². The number of aliphatic carboxylic acids is 1. The van der Waals surface area contributed by atoms with Gasteiger partial charge in [-0.2, -0.15) is 0 Å². The van der Waals surface area contributed by atoms with Crippen LogP contribution in [0, 0.1) is 11.3 Å². The summed E-state index contributed by atoms with van der Waals surface area (Å²) in [5.41, 5.74) is 0.381. The van der Waals surface area contributed by atoms with Crippen molar-refractivity contribution in [2.45, 2.75) is 44.6 Å². The molecule has 3 nitrogen and oxygen atoms in total. The maximum absolute atomic E-state index is 11.0. The maximum atomic E-state index is 11.0. The largest absolute Gasteiger partial charge is 0.481 e. The second-order valence-electron chi connectivity index (χ2n) is 5.73. The Hall–Kier alpha value is -0.570. The van der Waals surface area contributed by atoms with Crippen LogP contribution in [0.4, 0.5) is 0 Å². The van der Waals surface area contributed by atoms with Crippen molar-refractivity contribution in [1.82, 2.24) is 4.90 Å². The Labute approximate surface area is 90.5 Å². The van der Waals surface area contributed by atoms with Gasteiger partial charge in [0, 0.05) is 12.6 Å². The second-order valence-corrected chi connectivity index (χ2v) is 5.73. The van der Waals surface area contributed by atoms with E-state index in [1.54, 1.807) is 0 Å². The maximum Gasteiger partial charge on any atom is 0.306 e. The highest BCUT2D eigenvalue weighted by Crippen LogP contribution is 2.50. The summed E-state index contributed by atoms with van der Waals surface area (Å²) in [6, 6.07) is 0.855. The first-order valence-electron chi connectivity index (χ1n) is 6.15. The lowest BCUT2D eigenvalue weighted by atomic mass is 9.84. The lowest BCUT2D eigenvalue weighted by Crippen LogP contribution is -2.27. The standard InChI is InChI=1S/C12H19NO2/c14-11(15)9-3-4-12(7-9)5-6-13(8-12)10-1-2-10/h9-10H,1-8H2,(H,14,15)/t9-,12+/m1/s1. The number of carboxylic acids is 1. The molecule has 2 atom stereocenters. The summed E-state index contributed by atoms with van der Waals surface area (Å²) in [7, 11) is 0.